The third-order valence-electron chi connectivity index (χ3n) is 3.25. The predicted octanol–water partition coefficient (Wildman–Crippen LogP) is 5.40. The molecule has 1 saturated carbocycles. The smallest absolute Gasteiger partial charge is 0.0314 e. The largest absolute Gasteiger partial charge is 0.148 e. The molecule has 0 N–H and O–H groups in total. The predicted molar refractivity (Wildman–Crippen MR) is 75.0 cm³/mol. The Bertz CT molecular complexity index is 302. The van der Waals surface area contributed by atoms with E-state index in [-0.39, 0.29) is 0 Å². The van der Waals surface area contributed by atoms with Crippen molar-refractivity contribution in [2.75, 3.05) is 0 Å². The van der Waals surface area contributed by atoms with Crippen molar-refractivity contribution < 1.29 is 0 Å². The molecule has 1 unspecified atom stereocenters. The molecule has 1 heterocycles. The van der Waals surface area contributed by atoms with Crippen LogP contribution in [0.5, 0.6) is 0 Å². The van der Waals surface area contributed by atoms with Gasteiger partial charge in [0.15, 0.2) is 0 Å². The summed E-state index contributed by atoms with van der Waals surface area (Å²) >= 11 is 9.33. The van der Waals surface area contributed by atoms with Crippen LogP contribution in [0.15, 0.2) is 15.9 Å². The molecule has 0 amide bonds. The molecule has 0 saturated heterocycles. The minimum atomic E-state index is 0.731. The van der Waals surface area contributed by atoms with Crippen LogP contribution >= 0.6 is 43.2 Å². The van der Waals surface area contributed by atoms with Crippen LogP contribution in [0.1, 0.15) is 37.0 Å². The van der Waals surface area contributed by atoms with Crippen LogP contribution in [-0.4, -0.2) is 4.83 Å². The molecule has 0 spiro atoms. The van der Waals surface area contributed by atoms with Crippen LogP contribution in [0.4, 0.5) is 0 Å². The van der Waals surface area contributed by atoms with Gasteiger partial charge in [0.1, 0.15) is 0 Å². The lowest BCUT2D eigenvalue weighted by Crippen LogP contribution is -2.11. The summed E-state index contributed by atoms with van der Waals surface area (Å²) < 4.78 is 1.29. The van der Waals surface area contributed by atoms with Gasteiger partial charge in [-0.25, -0.2) is 0 Å². The summed E-state index contributed by atoms with van der Waals surface area (Å²) in [5.74, 6) is 0.934. The minimum absolute atomic E-state index is 0.731. The number of aryl methyl sites for hydroxylation is 1. The van der Waals surface area contributed by atoms with E-state index in [1.165, 1.54) is 47.9 Å². The number of thiophene rings is 1. The summed E-state index contributed by atoms with van der Waals surface area (Å²) in [4.78, 5) is 2.23. The van der Waals surface area contributed by atoms with Gasteiger partial charge in [-0.15, -0.1) is 11.3 Å². The second-order valence-corrected chi connectivity index (χ2v) is 7.32. The Morgan fingerprint density at radius 2 is 2.13 bits per heavy atom. The summed E-state index contributed by atoms with van der Waals surface area (Å²) in [6.45, 7) is 0. The van der Waals surface area contributed by atoms with Gasteiger partial charge in [0.05, 0.1) is 0 Å². The summed E-state index contributed by atoms with van der Waals surface area (Å²) in [5, 5.41) is 2.16. The van der Waals surface area contributed by atoms with Crippen LogP contribution in [0.25, 0.3) is 0 Å². The molecule has 1 atom stereocenters. The van der Waals surface area contributed by atoms with Crippen LogP contribution in [-0.2, 0) is 6.42 Å². The molecule has 3 heteroatoms. The molecular formula is C12H16Br2S. The van der Waals surface area contributed by atoms with E-state index in [2.05, 4.69) is 43.3 Å². The molecule has 0 aromatic carbocycles. The topological polar surface area (TPSA) is 0 Å². The molecule has 1 fully saturated rings. The number of hydrogen-bond donors (Lipinski definition) is 0. The Hall–Kier alpha value is 0.660. The van der Waals surface area contributed by atoms with E-state index in [0.717, 1.165) is 10.7 Å². The lowest BCUT2D eigenvalue weighted by molar-refractivity contribution is 0.506. The molecule has 2 rings (SSSR count). The van der Waals surface area contributed by atoms with Crippen molar-refractivity contribution in [1.82, 2.24) is 0 Å². The molecule has 1 aliphatic rings. The summed E-state index contributed by atoms with van der Waals surface area (Å²) in [7, 11) is 0. The van der Waals surface area contributed by atoms with Crippen molar-refractivity contribution >= 4 is 43.2 Å². The number of alkyl halides is 1. The zero-order chi connectivity index (χ0) is 10.7. The Kier molecular flexibility index (Phi) is 4.71. The van der Waals surface area contributed by atoms with Crippen molar-refractivity contribution in [3.05, 3.63) is 20.8 Å². The molecule has 0 radical (unpaired) electrons. The van der Waals surface area contributed by atoms with Gasteiger partial charge >= 0.3 is 0 Å². The van der Waals surface area contributed by atoms with E-state index in [4.69, 9.17) is 0 Å². The van der Waals surface area contributed by atoms with Gasteiger partial charge in [0, 0.05) is 14.2 Å². The second-order valence-electron chi connectivity index (χ2n) is 4.29. The zero-order valence-corrected chi connectivity index (χ0v) is 12.7. The number of hydrogen-bond acceptors (Lipinski definition) is 1. The van der Waals surface area contributed by atoms with Crippen molar-refractivity contribution in [3.8, 4) is 0 Å². The first kappa shape index (κ1) is 12.1. The van der Waals surface area contributed by atoms with Gasteiger partial charge in [-0.3, -0.25) is 0 Å². The van der Waals surface area contributed by atoms with E-state index in [1.807, 2.05) is 11.3 Å². The fraction of sp³-hybridized carbons (Fsp3) is 0.667. The Morgan fingerprint density at radius 3 is 2.73 bits per heavy atom. The summed E-state index contributed by atoms with van der Waals surface area (Å²) in [5.41, 5.74) is 0. The average Bonchev–Trinajstić information content (AvgIpc) is 2.85. The fourth-order valence-corrected chi connectivity index (χ4v) is 4.66. The maximum Gasteiger partial charge on any atom is 0.0314 e. The Balaban J connectivity index is 1.80. The highest BCUT2D eigenvalue weighted by molar-refractivity contribution is 9.10. The lowest BCUT2D eigenvalue weighted by Gasteiger charge is -2.16. The Labute approximate surface area is 113 Å². The van der Waals surface area contributed by atoms with E-state index < -0.39 is 0 Å². The highest BCUT2D eigenvalue weighted by Gasteiger charge is 2.22. The highest BCUT2D eigenvalue weighted by atomic mass is 79.9. The van der Waals surface area contributed by atoms with Gasteiger partial charge < -0.3 is 0 Å². The first-order valence-corrected chi connectivity index (χ1v) is 8.22. The van der Waals surface area contributed by atoms with E-state index in [9.17, 15) is 0 Å². The molecule has 0 aliphatic heterocycles. The van der Waals surface area contributed by atoms with Crippen molar-refractivity contribution in [2.24, 2.45) is 5.92 Å². The van der Waals surface area contributed by atoms with Crippen LogP contribution in [0.2, 0.25) is 0 Å². The van der Waals surface area contributed by atoms with Gasteiger partial charge in [-0.2, -0.15) is 0 Å². The summed E-state index contributed by atoms with van der Waals surface area (Å²) in [6.07, 6.45) is 8.24. The maximum atomic E-state index is 3.86. The lowest BCUT2D eigenvalue weighted by atomic mass is 10.0. The SMILES string of the molecule is Brc1ccsc1CCC(Br)C1CCCC1. The van der Waals surface area contributed by atoms with Crippen molar-refractivity contribution in [2.45, 2.75) is 43.4 Å². The van der Waals surface area contributed by atoms with E-state index in [0.29, 0.717) is 0 Å². The van der Waals surface area contributed by atoms with Gasteiger partial charge in [-0.05, 0) is 59.0 Å². The van der Waals surface area contributed by atoms with Crippen LogP contribution in [0.3, 0.4) is 0 Å². The number of rotatable bonds is 4. The normalized spacial score (nSPS) is 19.6. The zero-order valence-electron chi connectivity index (χ0n) is 8.72. The van der Waals surface area contributed by atoms with Gasteiger partial charge in [-0.1, -0.05) is 28.8 Å². The van der Waals surface area contributed by atoms with Crippen LogP contribution < -0.4 is 0 Å². The van der Waals surface area contributed by atoms with Crippen molar-refractivity contribution in [1.29, 1.82) is 0 Å². The first-order chi connectivity index (χ1) is 7.27. The molecule has 0 nitrogen and oxygen atoms in total. The first-order valence-electron chi connectivity index (χ1n) is 5.63. The Morgan fingerprint density at radius 1 is 1.40 bits per heavy atom. The molecule has 0 bridgehead atoms. The van der Waals surface area contributed by atoms with Crippen molar-refractivity contribution in [3.63, 3.8) is 0 Å². The monoisotopic (exact) mass is 350 g/mol. The average molecular weight is 352 g/mol. The third kappa shape index (κ3) is 3.31. The molecule has 84 valence electrons. The standard InChI is InChI=1S/C12H16Br2S/c13-10(9-3-1-2-4-9)5-6-12-11(14)7-8-15-12/h7-10H,1-6H2. The van der Waals surface area contributed by atoms with E-state index in [1.54, 1.807) is 0 Å². The van der Waals surface area contributed by atoms with Crippen LogP contribution in [0, 0.1) is 5.92 Å². The quantitative estimate of drug-likeness (QED) is 0.637. The highest BCUT2D eigenvalue weighted by Crippen LogP contribution is 2.34. The maximum absolute atomic E-state index is 3.86. The fourth-order valence-electron chi connectivity index (χ4n) is 2.33. The second kappa shape index (κ2) is 5.83. The minimum Gasteiger partial charge on any atom is -0.148 e. The third-order valence-corrected chi connectivity index (χ3v) is 6.44. The van der Waals surface area contributed by atoms with Gasteiger partial charge in [0.2, 0.25) is 0 Å². The molecule has 15 heavy (non-hydrogen) atoms. The van der Waals surface area contributed by atoms with Gasteiger partial charge in [0.25, 0.3) is 0 Å². The summed E-state index contributed by atoms with van der Waals surface area (Å²) in [6, 6.07) is 2.15. The molecule has 1 aliphatic carbocycles. The molecule has 1 aromatic heterocycles. The molecular weight excluding hydrogens is 336 g/mol. The molecule has 1 aromatic rings. The number of halogens is 2. The van der Waals surface area contributed by atoms with E-state index >= 15 is 0 Å².